The van der Waals surface area contributed by atoms with Gasteiger partial charge in [-0.3, -0.25) is 9.78 Å². The van der Waals surface area contributed by atoms with Crippen LogP contribution < -0.4 is 5.73 Å². The topological polar surface area (TPSA) is 81.8 Å². The van der Waals surface area contributed by atoms with Gasteiger partial charge < -0.3 is 5.73 Å². The summed E-state index contributed by atoms with van der Waals surface area (Å²) < 4.78 is 0. The van der Waals surface area contributed by atoms with Crippen LogP contribution in [0.5, 0.6) is 0 Å². The predicted octanol–water partition coefficient (Wildman–Crippen LogP) is 2.30. The van der Waals surface area contributed by atoms with Gasteiger partial charge in [0.05, 0.1) is 17.0 Å². The standard InChI is InChI=1S/C16H12N4O/c17-16(21)12-6-9-19-15(13-7-8-18-10-20-13)14(12)11-4-2-1-3-5-11/h1-10H,(H2,17,21). The van der Waals surface area contributed by atoms with Crippen LogP contribution in [0.25, 0.3) is 22.5 Å². The Morgan fingerprint density at radius 3 is 2.43 bits per heavy atom. The van der Waals surface area contributed by atoms with Crippen molar-refractivity contribution < 1.29 is 4.79 Å². The van der Waals surface area contributed by atoms with E-state index in [1.54, 1.807) is 24.5 Å². The van der Waals surface area contributed by atoms with E-state index < -0.39 is 5.91 Å². The molecule has 0 unspecified atom stereocenters. The Morgan fingerprint density at radius 2 is 1.76 bits per heavy atom. The van der Waals surface area contributed by atoms with Gasteiger partial charge in [-0.2, -0.15) is 0 Å². The lowest BCUT2D eigenvalue weighted by atomic mass is 9.96. The Labute approximate surface area is 121 Å². The number of rotatable bonds is 3. The van der Waals surface area contributed by atoms with Gasteiger partial charge in [0.25, 0.3) is 0 Å². The third-order valence-electron chi connectivity index (χ3n) is 3.10. The van der Waals surface area contributed by atoms with Crippen molar-refractivity contribution in [3.63, 3.8) is 0 Å². The van der Waals surface area contributed by atoms with Crippen molar-refractivity contribution in [2.75, 3.05) is 0 Å². The third-order valence-corrected chi connectivity index (χ3v) is 3.10. The van der Waals surface area contributed by atoms with Crippen LogP contribution in [0.4, 0.5) is 0 Å². The molecule has 0 aliphatic carbocycles. The first-order valence-corrected chi connectivity index (χ1v) is 6.38. The van der Waals surface area contributed by atoms with Crippen molar-refractivity contribution in [1.82, 2.24) is 15.0 Å². The predicted molar refractivity (Wildman–Crippen MR) is 79.2 cm³/mol. The Balaban J connectivity index is 2.31. The van der Waals surface area contributed by atoms with Crippen LogP contribution in [0.2, 0.25) is 0 Å². The molecule has 2 N–H and O–H groups in total. The van der Waals surface area contributed by atoms with Crippen LogP contribution in [0.1, 0.15) is 10.4 Å². The highest BCUT2D eigenvalue weighted by molar-refractivity contribution is 6.02. The van der Waals surface area contributed by atoms with Crippen LogP contribution in [-0.2, 0) is 0 Å². The summed E-state index contributed by atoms with van der Waals surface area (Å²) in [7, 11) is 0. The average molecular weight is 276 g/mol. The second-order valence-corrected chi connectivity index (χ2v) is 4.41. The lowest BCUT2D eigenvalue weighted by Crippen LogP contribution is -2.13. The molecule has 2 heterocycles. The zero-order valence-corrected chi connectivity index (χ0v) is 11.1. The Morgan fingerprint density at radius 1 is 0.952 bits per heavy atom. The van der Waals surface area contributed by atoms with Gasteiger partial charge in [-0.15, -0.1) is 0 Å². The molecule has 21 heavy (non-hydrogen) atoms. The molecule has 0 radical (unpaired) electrons. The van der Waals surface area contributed by atoms with E-state index in [-0.39, 0.29) is 0 Å². The van der Waals surface area contributed by atoms with Gasteiger partial charge in [-0.05, 0) is 17.7 Å². The molecular formula is C16H12N4O. The van der Waals surface area contributed by atoms with Crippen LogP contribution in [0.3, 0.4) is 0 Å². The number of aromatic nitrogens is 3. The summed E-state index contributed by atoms with van der Waals surface area (Å²) in [5.41, 5.74) is 8.73. The van der Waals surface area contributed by atoms with E-state index in [2.05, 4.69) is 15.0 Å². The number of primary amides is 1. The monoisotopic (exact) mass is 276 g/mol. The summed E-state index contributed by atoms with van der Waals surface area (Å²) in [6, 6.07) is 12.9. The van der Waals surface area contributed by atoms with Crippen LogP contribution >= 0.6 is 0 Å². The molecule has 3 aromatic rings. The molecule has 0 atom stereocenters. The minimum Gasteiger partial charge on any atom is -0.366 e. The number of benzene rings is 1. The van der Waals surface area contributed by atoms with Gasteiger partial charge in [-0.25, -0.2) is 9.97 Å². The highest BCUT2D eigenvalue weighted by atomic mass is 16.1. The second kappa shape index (κ2) is 5.50. The van der Waals surface area contributed by atoms with Crippen molar-refractivity contribution in [2.45, 2.75) is 0 Å². The Kier molecular flexibility index (Phi) is 3.39. The number of nitrogens with zero attached hydrogens (tertiary/aromatic N) is 3. The smallest absolute Gasteiger partial charge is 0.249 e. The summed E-state index contributed by atoms with van der Waals surface area (Å²) in [5.74, 6) is -0.494. The molecule has 0 bridgehead atoms. The van der Waals surface area contributed by atoms with Crippen molar-refractivity contribution in [3.8, 4) is 22.5 Å². The summed E-state index contributed by atoms with van der Waals surface area (Å²) in [6.45, 7) is 0. The Hall–Kier alpha value is -3.08. The van der Waals surface area contributed by atoms with Crippen molar-refractivity contribution >= 4 is 5.91 Å². The third kappa shape index (κ3) is 2.49. The van der Waals surface area contributed by atoms with E-state index in [0.717, 1.165) is 5.56 Å². The van der Waals surface area contributed by atoms with Crippen molar-refractivity contribution in [2.24, 2.45) is 5.73 Å². The van der Waals surface area contributed by atoms with Crippen LogP contribution in [0.15, 0.2) is 61.2 Å². The fourth-order valence-corrected chi connectivity index (χ4v) is 2.19. The number of nitrogens with two attached hydrogens (primary N) is 1. The molecule has 5 heteroatoms. The molecule has 102 valence electrons. The number of carbonyl (C=O) groups excluding carboxylic acids is 1. The SMILES string of the molecule is NC(=O)c1ccnc(-c2ccncn2)c1-c1ccccc1. The maximum absolute atomic E-state index is 11.7. The zero-order chi connectivity index (χ0) is 14.7. The maximum atomic E-state index is 11.7. The van der Waals surface area contributed by atoms with Gasteiger partial charge in [0.15, 0.2) is 0 Å². The second-order valence-electron chi connectivity index (χ2n) is 4.41. The number of hydrogen-bond donors (Lipinski definition) is 1. The molecule has 0 saturated heterocycles. The van der Waals surface area contributed by atoms with E-state index in [1.807, 2.05) is 30.3 Å². The summed E-state index contributed by atoms with van der Waals surface area (Å²) >= 11 is 0. The molecular weight excluding hydrogens is 264 g/mol. The molecule has 0 spiro atoms. The molecule has 1 aromatic carbocycles. The summed E-state index contributed by atoms with van der Waals surface area (Å²) in [5, 5.41) is 0. The number of pyridine rings is 1. The van der Waals surface area contributed by atoms with Gasteiger partial charge >= 0.3 is 0 Å². The fraction of sp³-hybridized carbons (Fsp3) is 0. The summed E-state index contributed by atoms with van der Waals surface area (Å²) in [6.07, 6.45) is 4.64. The lowest BCUT2D eigenvalue weighted by Gasteiger charge is -2.11. The van der Waals surface area contributed by atoms with E-state index in [0.29, 0.717) is 22.5 Å². The lowest BCUT2D eigenvalue weighted by molar-refractivity contribution is 0.100. The molecule has 5 nitrogen and oxygen atoms in total. The van der Waals surface area contributed by atoms with Crippen LogP contribution in [-0.4, -0.2) is 20.9 Å². The van der Waals surface area contributed by atoms with E-state index in [1.165, 1.54) is 6.33 Å². The zero-order valence-electron chi connectivity index (χ0n) is 11.1. The molecule has 0 saturated carbocycles. The molecule has 1 amide bonds. The average Bonchev–Trinajstić information content (AvgIpc) is 2.55. The normalized spacial score (nSPS) is 10.3. The van der Waals surface area contributed by atoms with E-state index in [4.69, 9.17) is 5.73 Å². The Bertz CT molecular complexity index is 773. The quantitative estimate of drug-likeness (QED) is 0.795. The highest BCUT2D eigenvalue weighted by Gasteiger charge is 2.17. The minimum absolute atomic E-state index is 0.421. The van der Waals surface area contributed by atoms with Gasteiger partial charge in [0, 0.05) is 18.0 Å². The van der Waals surface area contributed by atoms with E-state index >= 15 is 0 Å². The number of hydrogen-bond acceptors (Lipinski definition) is 4. The first-order valence-electron chi connectivity index (χ1n) is 6.38. The van der Waals surface area contributed by atoms with E-state index in [9.17, 15) is 4.79 Å². The first-order chi connectivity index (χ1) is 10.3. The van der Waals surface area contributed by atoms with Gasteiger partial charge in [0.1, 0.15) is 6.33 Å². The highest BCUT2D eigenvalue weighted by Crippen LogP contribution is 2.31. The largest absolute Gasteiger partial charge is 0.366 e. The van der Waals surface area contributed by atoms with Crippen LogP contribution in [0, 0.1) is 0 Å². The maximum Gasteiger partial charge on any atom is 0.249 e. The summed E-state index contributed by atoms with van der Waals surface area (Å²) in [4.78, 5) is 24.2. The van der Waals surface area contributed by atoms with Gasteiger partial charge in [0.2, 0.25) is 5.91 Å². The molecule has 0 fully saturated rings. The number of amides is 1. The minimum atomic E-state index is -0.494. The number of carbonyl (C=O) groups is 1. The molecule has 0 aliphatic heterocycles. The van der Waals surface area contributed by atoms with Crippen molar-refractivity contribution in [1.29, 1.82) is 0 Å². The molecule has 0 aliphatic rings. The first kappa shape index (κ1) is 12.9. The molecule has 3 rings (SSSR count). The fourth-order valence-electron chi connectivity index (χ4n) is 2.19. The molecule has 2 aromatic heterocycles. The van der Waals surface area contributed by atoms with Crippen molar-refractivity contribution in [3.05, 3.63) is 66.7 Å². The van der Waals surface area contributed by atoms with Gasteiger partial charge in [-0.1, -0.05) is 30.3 Å².